The highest BCUT2D eigenvalue weighted by Crippen LogP contribution is 2.21. The number of hydrogen-bond acceptors (Lipinski definition) is 3. The van der Waals surface area contributed by atoms with E-state index in [9.17, 15) is 4.39 Å². The number of rotatable bonds is 3. The standard InChI is InChI=1S/C14H19ClFN3/c15-12-5-11(6-13(16)7-12)8-18-9-14(10-18)19-3-1-17-2-4-19/h5-7,14,17H,1-4,8-10H2. The lowest BCUT2D eigenvalue weighted by Gasteiger charge is -2.46. The summed E-state index contributed by atoms with van der Waals surface area (Å²) in [5, 5.41) is 3.85. The highest BCUT2D eigenvalue weighted by Gasteiger charge is 2.32. The third-order valence-corrected chi connectivity index (χ3v) is 4.15. The van der Waals surface area contributed by atoms with Gasteiger partial charge in [0.05, 0.1) is 0 Å². The molecule has 2 heterocycles. The summed E-state index contributed by atoms with van der Waals surface area (Å²) in [4.78, 5) is 4.89. The Hall–Kier alpha value is -0.680. The van der Waals surface area contributed by atoms with Crippen LogP contribution in [0.2, 0.25) is 5.02 Å². The van der Waals surface area contributed by atoms with E-state index in [0.29, 0.717) is 11.1 Å². The van der Waals surface area contributed by atoms with Crippen LogP contribution in [0, 0.1) is 5.82 Å². The van der Waals surface area contributed by atoms with Gasteiger partial charge in [-0.1, -0.05) is 11.6 Å². The van der Waals surface area contributed by atoms with Crippen molar-refractivity contribution in [1.82, 2.24) is 15.1 Å². The summed E-state index contributed by atoms with van der Waals surface area (Å²) in [6, 6.07) is 5.45. The molecular formula is C14H19ClFN3. The Morgan fingerprint density at radius 1 is 1.21 bits per heavy atom. The Kier molecular flexibility index (Phi) is 4.03. The molecule has 1 aromatic carbocycles. The van der Waals surface area contributed by atoms with Gasteiger partial charge in [-0.15, -0.1) is 0 Å². The van der Waals surface area contributed by atoms with E-state index in [4.69, 9.17) is 11.6 Å². The second-order valence-electron chi connectivity index (χ2n) is 5.41. The molecule has 0 unspecified atom stereocenters. The van der Waals surface area contributed by atoms with Crippen molar-refractivity contribution in [2.45, 2.75) is 12.6 Å². The van der Waals surface area contributed by atoms with E-state index in [1.54, 1.807) is 6.07 Å². The first-order valence-corrected chi connectivity index (χ1v) is 7.20. The fraction of sp³-hybridized carbons (Fsp3) is 0.571. The van der Waals surface area contributed by atoms with E-state index in [0.717, 1.165) is 51.4 Å². The van der Waals surface area contributed by atoms with Gasteiger partial charge in [0, 0.05) is 56.9 Å². The maximum absolute atomic E-state index is 13.2. The van der Waals surface area contributed by atoms with Crippen LogP contribution in [0.4, 0.5) is 4.39 Å². The smallest absolute Gasteiger partial charge is 0.125 e. The zero-order valence-electron chi connectivity index (χ0n) is 10.9. The van der Waals surface area contributed by atoms with E-state index >= 15 is 0 Å². The predicted octanol–water partition coefficient (Wildman–Crippen LogP) is 1.57. The van der Waals surface area contributed by atoms with Gasteiger partial charge in [-0.25, -0.2) is 4.39 Å². The molecule has 0 atom stereocenters. The normalized spacial score (nSPS) is 22.4. The zero-order chi connectivity index (χ0) is 13.2. The Labute approximate surface area is 118 Å². The van der Waals surface area contributed by atoms with E-state index in [-0.39, 0.29) is 5.82 Å². The molecule has 0 radical (unpaired) electrons. The molecule has 5 heteroatoms. The SMILES string of the molecule is Fc1cc(Cl)cc(CN2CC(N3CCNCC3)C2)c1. The van der Waals surface area contributed by atoms with Crippen LogP contribution < -0.4 is 5.32 Å². The maximum atomic E-state index is 13.2. The van der Waals surface area contributed by atoms with Gasteiger partial charge < -0.3 is 5.32 Å². The van der Waals surface area contributed by atoms with E-state index in [2.05, 4.69) is 15.1 Å². The van der Waals surface area contributed by atoms with Crippen LogP contribution in [-0.4, -0.2) is 55.1 Å². The highest BCUT2D eigenvalue weighted by molar-refractivity contribution is 6.30. The Balaban J connectivity index is 1.50. The first-order valence-electron chi connectivity index (χ1n) is 6.83. The largest absolute Gasteiger partial charge is 0.314 e. The molecule has 3 rings (SSSR count). The van der Waals surface area contributed by atoms with Crippen LogP contribution in [0.25, 0.3) is 0 Å². The van der Waals surface area contributed by atoms with E-state index < -0.39 is 0 Å². The molecule has 0 aromatic heterocycles. The fourth-order valence-electron chi connectivity index (χ4n) is 2.91. The van der Waals surface area contributed by atoms with Gasteiger partial charge in [0.25, 0.3) is 0 Å². The highest BCUT2D eigenvalue weighted by atomic mass is 35.5. The molecule has 1 aromatic rings. The monoisotopic (exact) mass is 283 g/mol. The predicted molar refractivity (Wildman–Crippen MR) is 74.9 cm³/mol. The van der Waals surface area contributed by atoms with Gasteiger partial charge in [-0.05, 0) is 23.8 Å². The van der Waals surface area contributed by atoms with Crippen molar-refractivity contribution in [2.75, 3.05) is 39.3 Å². The number of piperazine rings is 1. The van der Waals surface area contributed by atoms with Crippen molar-refractivity contribution in [2.24, 2.45) is 0 Å². The molecule has 0 spiro atoms. The molecule has 19 heavy (non-hydrogen) atoms. The summed E-state index contributed by atoms with van der Waals surface area (Å²) in [6.45, 7) is 7.42. The maximum Gasteiger partial charge on any atom is 0.125 e. The van der Waals surface area contributed by atoms with Crippen molar-refractivity contribution in [1.29, 1.82) is 0 Å². The third-order valence-electron chi connectivity index (χ3n) is 3.93. The minimum Gasteiger partial charge on any atom is -0.314 e. The fourth-order valence-corrected chi connectivity index (χ4v) is 3.15. The molecule has 0 bridgehead atoms. The quantitative estimate of drug-likeness (QED) is 0.908. The zero-order valence-corrected chi connectivity index (χ0v) is 11.7. The Morgan fingerprint density at radius 2 is 1.95 bits per heavy atom. The molecule has 0 amide bonds. The third kappa shape index (κ3) is 3.26. The molecule has 3 nitrogen and oxygen atoms in total. The van der Waals surface area contributed by atoms with Crippen LogP contribution in [0.15, 0.2) is 18.2 Å². The number of nitrogens with one attached hydrogen (secondary N) is 1. The van der Waals surface area contributed by atoms with Gasteiger partial charge in [-0.3, -0.25) is 9.80 Å². The molecule has 2 fully saturated rings. The summed E-state index contributed by atoms with van der Waals surface area (Å²) >= 11 is 5.87. The van der Waals surface area contributed by atoms with Crippen molar-refractivity contribution in [3.8, 4) is 0 Å². The van der Waals surface area contributed by atoms with E-state index in [1.165, 1.54) is 6.07 Å². The molecule has 104 valence electrons. The van der Waals surface area contributed by atoms with Gasteiger partial charge in [0.2, 0.25) is 0 Å². The van der Waals surface area contributed by atoms with Gasteiger partial charge >= 0.3 is 0 Å². The van der Waals surface area contributed by atoms with Crippen molar-refractivity contribution < 1.29 is 4.39 Å². The molecular weight excluding hydrogens is 265 g/mol. The lowest BCUT2D eigenvalue weighted by molar-refractivity contribution is 0.0223. The van der Waals surface area contributed by atoms with Crippen LogP contribution in [0.3, 0.4) is 0 Å². The van der Waals surface area contributed by atoms with Crippen LogP contribution >= 0.6 is 11.6 Å². The van der Waals surface area contributed by atoms with Gasteiger partial charge in [0.15, 0.2) is 0 Å². The topological polar surface area (TPSA) is 18.5 Å². The summed E-state index contributed by atoms with van der Waals surface area (Å²) < 4.78 is 13.2. The number of halogens is 2. The van der Waals surface area contributed by atoms with E-state index in [1.807, 2.05) is 6.07 Å². The summed E-state index contributed by atoms with van der Waals surface area (Å²) in [5.74, 6) is -0.248. The first-order chi connectivity index (χ1) is 9.20. The lowest BCUT2D eigenvalue weighted by Crippen LogP contribution is -2.62. The lowest BCUT2D eigenvalue weighted by atomic mass is 10.0. The average Bonchev–Trinajstić information content (AvgIpc) is 2.33. The summed E-state index contributed by atoms with van der Waals surface area (Å²) in [7, 11) is 0. The molecule has 0 saturated carbocycles. The second kappa shape index (κ2) is 5.75. The van der Waals surface area contributed by atoms with Gasteiger partial charge in [-0.2, -0.15) is 0 Å². The molecule has 2 aliphatic rings. The second-order valence-corrected chi connectivity index (χ2v) is 5.85. The van der Waals surface area contributed by atoms with Crippen molar-refractivity contribution in [3.05, 3.63) is 34.6 Å². The van der Waals surface area contributed by atoms with Crippen LogP contribution in [-0.2, 0) is 6.54 Å². The summed E-state index contributed by atoms with van der Waals surface area (Å²) in [5.41, 5.74) is 0.962. The molecule has 0 aliphatic carbocycles. The van der Waals surface area contributed by atoms with Crippen LogP contribution in [0.1, 0.15) is 5.56 Å². The van der Waals surface area contributed by atoms with Gasteiger partial charge in [0.1, 0.15) is 5.82 Å². The Bertz CT molecular complexity index is 422. The summed E-state index contributed by atoms with van der Waals surface area (Å²) in [6.07, 6.45) is 0. The number of nitrogens with zero attached hydrogens (tertiary/aromatic N) is 2. The molecule has 2 saturated heterocycles. The number of hydrogen-bond donors (Lipinski definition) is 1. The number of benzene rings is 1. The average molecular weight is 284 g/mol. The first kappa shape index (κ1) is 13.3. The minimum atomic E-state index is -0.248. The molecule has 2 aliphatic heterocycles. The number of likely N-dealkylation sites (tertiary alicyclic amines) is 1. The Morgan fingerprint density at radius 3 is 2.63 bits per heavy atom. The minimum absolute atomic E-state index is 0.248. The molecule has 1 N–H and O–H groups in total. The van der Waals surface area contributed by atoms with Crippen molar-refractivity contribution >= 4 is 11.6 Å². The van der Waals surface area contributed by atoms with Crippen LogP contribution in [0.5, 0.6) is 0 Å². The van der Waals surface area contributed by atoms with Crippen molar-refractivity contribution in [3.63, 3.8) is 0 Å².